The van der Waals surface area contributed by atoms with Crippen LogP contribution >= 0.6 is 0 Å². The molecule has 0 spiro atoms. The van der Waals surface area contributed by atoms with Crippen LogP contribution in [0, 0.1) is 5.82 Å². The van der Waals surface area contributed by atoms with Crippen molar-refractivity contribution in [2.75, 3.05) is 19.6 Å². The second-order valence-electron chi connectivity index (χ2n) is 6.25. The Morgan fingerprint density at radius 1 is 1.11 bits per heavy atom. The van der Waals surface area contributed by atoms with E-state index in [0.717, 1.165) is 17.7 Å². The molecule has 0 bridgehead atoms. The molecule has 5 nitrogen and oxygen atoms in total. The minimum absolute atomic E-state index is 0.0424. The average Bonchev–Trinajstić information content (AvgIpc) is 2.67. The Morgan fingerprint density at radius 3 is 2.33 bits per heavy atom. The highest BCUT2D eigenvalue weighted by atomic mass is 32.2. The molecule has 1 atom stereocenters. The number of amides is 1. The summed E-state index contributed by atoms with van der Waals surface area (Å²) in [5.74, 6) is -1.34. The number of sulfonamides is 1. The number of carbonyl (C=O) groups is 1. The van der Waals surface area contributed by atoms with Gasteiger partial charge in [0.05, 0.1) is 10.5 Å². The minimum Gasteiger partial charge on any atom is -0.351 e. The molecule has 1 N–H and O–H groups in total. The predicted molar refractivity (Wildman–Crippen MR) is 104 cm³/mol. The van der Waals surface area contributed by atoms with Crippen LogP contribution in [0.2, 0.25) is 0 Å². The van der Waals surface area contributed by atoms with E-state index in [2.05, 4.69) is 5.32 Å². The number of rotatable bonds is 8. The van der Waals surface area contributed by atoms with Gasteiger partial charge < -0.3 is 5.32 Å². The molecule has 0 radical (unpaired) electrons. The van der Waals surface area contributed by atoms with Gasteiger partial charge in [-0.15, -0.1) is 0 Å². The number of benzene rings is 2. The lowest BCUT2D eigenvalue weighted by molar-refractivity contribution is 0.0947. The summed E-state index contributed by atoms with van der Waals surface area (Å²) in [4.78, 5) is 12.3. The Bertz CT molecular complexity index is 881. The van der Waals surface area contributed by atoms with Gasteiger partial charge in [-0.3, -0.25) is 4.79 Å². The lowest BCUT2D eigenvalue weighted by atomic mass is 10.0. The van der Waals surface area contributed by atoms with Crippen molar-refractivity contribution in [2.24, 2.45) is 0 Å². The van der Waals surface area contributed by atoms with Crippen molar-refractivity contribution >= 4 is 15.9 Å². The van der Waals surface area contributed by atoms with E-state index in [-0.39, 0.29) is 16.4 Å². The third-order valence-corrected chi connectivity index (χ3v) is 6.51. The smallest absolute Gasteiger partial charge is 0.254 e. The van der Waals surface area contributed by atoms with Crippen molar-refractivity contribution in [1.82, 2.24) is 9.62 Å². The lowest BCUT2D eigenvalue weighted by Gasteiger charge is -2.19. The van der Waals surface area contributed by atoms with Crippen LogP contribution in [0.4, 0.5) is 4.39 Å². The van der Waals surface area contributed by atoms with Crippen LogP contribution in [0.3, 0.4) is 0 Å². The number of hydrogen-bond donors (Lipinski definition) is 1. The molecular formula is C20H25FN2O3S. The quantitative estimate of drug-likeness (QED) is 0.749. The third-order valence-electron chi connectivity index (χ3n) is 4.46. The summed E-state index contributed by atoms with van der Waals surface area (Å²) in [5, 5.41) is 2.69. The molecule has 0 unspecified atom stereocenters. The largest absolute Gasteiger partial charge is 0.351 e. The molecular weight excluding hydrogens is 367 g/mol. The minimum atomic E-state index is -3.76. The van der Waals surface area contributed by atoms with Crippen LogP contribution in [0.15, 0.2) is 53.4 Å². The molecule has 0 aliphatic heterocycles. The normalized spacial score (nSPS) is 12.8. The van der Waals surface area contributed by atoms with Crippen LogP contribution in [0.5, 0.6) is 0 Å². The maximum Gasteiger partial charge on any atom is 0.254 e. The van der Waals surface area contributed by atoms with E-state index < -0.39 is 21.7 Å². The summed E-state index contributed by atoms with van der Waals surface area (Å²) in [7, 11) is -3.76. The molecule has 2 aromatic rings. The van der Waals surface area contributed by atoms with E-state index in [1.807, 2.05) is 37.3 Å². The number of nitrogens with one attached hydrogen (secondary N) is 1. The molecule has 2 aromatic carbocycles. The second-order valence-corrected chi connectivity index (χ2v) is 8.19. The van der Waals surface area contributed by atoms with Crippen molar-refractivity contribution < 1.29 is 17.6 Å². The van der Waals surface area contributed by atoms with E-state index in [0.29, 0.717) is 19.6 Å². The Hall–Kier alpha value is -2.25. The summed E-state index contributed by atoms with van der Waals surface area (Å²) in [6, 6.07) is 12.9. The molecule has 0 aliphatic rings. The Labute approximate surface area is 160 Å². The SMILES string of the molecule is CCN(CC)S(=O)(=O)c1ccc(F)c(C(=O)NC[C@@H](C)c2ccccc2)c1. The van der Waals surface area contributed by atoms with Crippen LogP contribution in [0.25, 0.3) is 0 Å². The first-order valence-electron chi connectivity index (χ1n) is 8.94. The zero-order chi connectivity index (χ0) is 20.0. The van der Waals surface area contributed by atoms with Gasteiger partial charge in [-0.1, -0.05) is 51.1 Å². The monoisotopic (exact) mass is 392 g/mol. The fourth-order valence-electron chi connectivity index (χ4n) is 2.79. The second kappa shape index (κ2) is 9.10. The average molecular weight is 392 g/mol. The maximum absolute atomic E-state index is 14.2. The van der Waals surface area contributed by atoms with Gasteiger partial charge in [0.25, 0.3) is 5.91 Å². The van der Waals surface area contributed by atoms with Gasteiger partial charge >= 0.3 is 0 Å². The van der Waals surface area contributed by atoms with Crippen molar-refractivity contribution in [3.05, 3.63) is 65.5 Å². The van der Waals surface area contributed by atoms with Crippen LogP contribution < -0.4 is 5.32 Å². The molecule has 0 fully saturated rings. The number of carbonyl (C=O) groups excluding carboxylic acids is 1. The zero-order valence-corrected chi connectivity index (χ0v) is 16.6. The van der Waals surface area contributed by atoms with Crippen molar-refractivity contribution in [3.63, 3.8) is 0 Å². The molecule has 0 saturated heterocycles. The lowest BCUT2D eigenvalue weighted by Crippen LogP contribution is -2.31. The van der Waals surface area contributed by atoms with Gasteiger partial charge in [0.1, 0.15) is 5.82 Å². The summed E-state index contributed by atoms with van der Waals surface area (Å²) in [5.41, 5.74) is 0.777. The molecule has 2 rings (SSSR count). The number of hydrogen-bond acceptors (Lipinski definition) is 3. The molecule has 0 saturated carbocycles. The Balaban J connectivity index is 2.19. The summed E-state index contributed by atoms with van der Waals surface area (Å²) < 4.78 is 40.6. The first-order valence-corrected chi connectivity index (χ1v) is 10.4. The summed E-state index contributed by atoms with van der Waals surface area (Å²) in [6.07, 6.45) is 0. The van der Waals surface area contributed by atoms with Crippen LogP contribution in [0.1, 0.15) is 42.6 Å². The molecule has 0 aliphatic carbocycles. The van der Waals surface area contributed by atoms with E-state index in [9.17, 15) is 17.6 Å². The Morgan fingerprint density at radius 2 is 1.74 bits per heavy atom. The van der Waals surface area contributed by atoms with E-state index in [1.165, 1.54) is 10.4 Å². The molecule has 0 heterocycles. The summed E-state index contributed by atoms with van der Waals surface area (Å²) >= 11 is 0. The topological polar surface area (TPSA) is 66.5 Å². The molecule has 1 amide bonds. The van der Waals surface area contributed by atoms with Crippen molar-refractivity contribution in [2.45, 2.75) is 31.6 Å². The summed E-state index contributed by atoms with van der Waals surface area (Å²) in [6.45, 7) is 6.31. The number of halogens is 1. The highest BCUT2D eigenvalue weighted by Gasteiger charge is 2.24. The Kier molecular flexibility index (Phi) is 7.10. The molecule has 7 heteroatoms. The standard InChI is InChI=1S/C20H25FN2O3S/c1-4-23(5-2)27(25,26)17-11-12-19(21)18(13-17)20(24)22-14-15(3)16-9-7-6-8-10-16/h6-13,15H,4-5,14H2,1-3H3,(H,22,24)/t15-/m1/s1. The van der Waals surface area contributed by atoms with Gasteiger partial charge in [0.2, 0.25) is 10.0 Å². The van der Waals surface area contributed by atoms with E-state index >= 15 is 0 Å². The van der Waals surface area contributed by atoms with Crippen LogP contribution in [-0.2, 0) is 10.0 Å². The van der Waals surface area contributed by atoms with Gasteiger partial charge in [0, 0.05) is 19.6 Å². The van der Waals surface area contributed by atoms with Gasteiger partial charge in [0.15, 0.2) is 0 Å². The van der Waals surface area contributed by atoms with Gasteiger partial charge in [-0.2, -0.15) is 4.31 Å². The number of nitrogens with zero attached hydrogens (tertiary/aromatic N) is 1. The molecule has 0 aromatic heterocycles. The first-order chi connectivity index (χ1) is 12.8. The van der Waals surface area contributed by atoms with E-state index in [1.54, 1.807) is 13.8 Å². The van der Waals surface area contributed by atoms with Crippen molar-refractivity contribution in [1.29, 1.82) is 0 Å². The highest BCUT2D eigenvalue weighted by molar-refractivity contribution is 7.89. The highest BCUT2D eigenvalue weighted by Crippen LogP contribution is 2.20. The molecule has 27 heavy (non-hydrogen) atoms. The maximum atomic E-state index is 14.2. The first kappa shape index (κ1) is 21.1. The van der Waals surface area contributed by atoms with E-state index in [4.69, 9.17) is 0 Å². The molecule has 146 valence electrons. The fourth-order valence-corrected chi connectivity index (χ4v) is 4.28. The third kappa shape index (κ3) is 4.93. The van der Waals surface area contributed by atoms with Gasteiger partial charge in [-0.05, 0) is 29.7 Å². The zero-order valence-electron chi connectivity index (χ0n) is 15.8. The predicted octanol–water partition coefficient (Wildman–Crippen LogP) is 3.39. The van der Waals surface area contributed by atoms with Gasteiger partial charge in [-0.25, -0.2) is 12.8 Å². The van der Waals surface area contributed by atoms with Crippen LogP contribution in [-0.4, -0.2) is 38.3 Å². The van der Waals surface area contributed by atoms with Crippen molar-refractivity contribution in [3.8, 4) is 0 Å². The fraction of sp³-hybridized carbons (Fsp3) is 0.350.